The Labute approximate surface area is 151 Å². The number of nitrogens with one attached hydrogen (secondary N) is 1. The van der Waals surface area contributed by atoms with E-state index in [2.05, 4.69) is 50.4 Å². The van der Waals surface area contributed by atoms with Crippen molar-refractivity contribution in [3.8, 4) is 11.5 Å². The van der Waals surface area contributed by atoms with Gasteiger partial charge < -0.3 is 15.2 Å². The lowest BCUT2D eigenvalue weighted by atomic mass is 9.74. The zero-order valence-electron chi connectivity index (χ0n) is 15.5. The molecule has 2 aromatic carbocycles. The van der Waals surface area contributed by atoms with Crippen molar-refractivity contribution in [2.45, 2.75) is 57.6 Å². The molecule has 0 aromatic heterocycles. The van der Waals surface area contributed by atoms with Gasteiger partial charge in [0.25, 0.3) is 0 Å². The number of phenols is 1. The Morgan fingerprint density at radius 3 is 2.40 bits per heavy atom. The van der Waals surface area contributed by atoms with Crippen LogP contribution in [0.5, 0.6) is 11.5 Å². The predicted octanol–water partition coefficient (Wildman–Crippen LogP) is 5.17. The van der Waals surface area contributed by atoms with Crippen LogP contribution in [-0.4, -0.2) is 17.3 Å². The monoisotopic (exact) mass is 339 g/mol. The normalized spacial score (nSPS) is 19.7. The van der Waals surface area contributed by atoms with Gasteiger partial charge in [-0.1, -0.05) is 51.1 Å². The van der Waals surface area contributed by atoms with Gasteiger partial charge in [-0.2, -0.15) is 0 Å². The number of phenolic OH excluding ortho intramolecular Hbond substituents is 1. The van der Waals surface area contributed by atoms with Gasteiger partial charge in [-0.3, -0.25) is 0 Å². The molecule has 2 unspecified atom stereocenters. The molecule has 0 bridgehead atoms. The van der Waals surface area contributed by atoms with Gasteiger partial charge in [-0.15, -0.1) is 0 Å². The largest absolute Gasteiger partial charge is 0.508 e. The summed E-state index contributed by atoms with van der Waals surface area (Å²) in [5.74, 6) is 1.67. The fraction of sp³-hybridized carbons (Fsp3) is 0.455. The van der Waals surface area contributed by atoms with Crippen LogP contribution in [0.2, 0.25) is 0 Å². The van der Waals surface area contributed by atoms with Crippen molar-refractivity contribution in [1.82, 2.24) is 5.32 Å². The van der Waals surface area contributed by atoms with Gasteiger partial charge in [-0.25, -0.2) is 0 Å². The minimum atomic E-state index is -0.108. The average Bonchev–Trinajstić information content (AvgIpc) is 2.66. The lowest BCUT2D eigenvalue weighted by Crippen LogP contribution is -2.43. The maximum absolute atomic E-state index is 9.66. The van der Waals surface area contributed by atoms with Crippen molar-refractivity contribution < 1.29 is 9.84 Å². The van der Waals surface area contributed by atoms with Gasteiger partial charge >= 0.3 is 0 Å². The number of fused-ring (bicyclic) bond motifs is 1. The topological polar surface area (TPSA) is 41.5 Å². The van der Waals surface area contributed by atoms with E-state index in [1.807, 2.05) is 12.1 Å². The summed E-state index contributed by atoms with van der Waals surface area (Å²) >= 11 is 0. The summed E-state index contributed by atoms with van der Waals surface area (Å²) < 4.78 is 6.46. The highest BCUT2D eigenvalue weighted by molar-refractivity contribution is 5.42. The van der Waals surface area contributed by atoms with Crippen LogP contribution < -0.4 is 10.1 Å². The number of aromatic hydroxyl groups is 1. The summed E-state index contributed by atoms with van der Waals surface area (Å²) in [5, 5.41) is 13.3. The van der Waals surface area contributed by atoms with Crippen LogP contribution in [0, 0.1) is 0 Å². The van der Waals surface area contributed by atoms with E-state index in [9.17, 15) is 5.11 Å². The molecule has 0 spiro atoms. The molecule has 1 aliphatic heterocycles. The van der Waals surface area contributed by atoms with Crippen LogP contribution >= 0.6 is 0 Å². The SMILES string of the molecule is CCNC(c1ccc(O)cc1)C1CC(CC)(CC)Oc2ccccc21. The van der Waals surface area contributed by atoms with Crippen molar-refractivity contribution in [2.75, 3.05) is 6.54 Å². The van der Waals surface area contributed by atoms with Crippen LogP contribution in [0.1, 0.15) is 63.1 Å². The molecule has 25 heavy (non-hydrogen) atoms. The molecule has 0 fully saturated rings. The maximum Gasteiger partial charge on any atom is 0.123 e. The second-order valence-electron chi connectivity index (χ2n) is 6.97. The number of rotatable bonds is 6. The first-order valence-corrected chi connectivity index (χ1v) is 9.42. The van der Waals surface area contributed by atoms with Crippen LogP contribution in [-0.2, 0) is 0 Å². The fourth-order valence-corrected chi connectivity index (χ4v) is 4.04. The maximum atomic E-state index is 9.66. The third kappa shape index (κ3) is 3.52. The zero-order chi connectivity index (χ0) is 17.9. The van der Waals surface area contributed by atoms with Crippen LogP contribution in [0.25, 0.3) is 0 Å². The molecule has 1 heterocycles. The van der Waals surface area contributed by atoms with Gasteiger partial charge in [0.05, 0.1) is 0 Å². The summed E-state index contributed by atoms with van der Waals surface area (Å²) in [6.07, 6.45) is 3.00. The first kappa shape index (κ1) is 17.8. The number of para-hydroxylation sites is 1. The van der Waals surface area contributed by atoms with Crippen molar-refractivity contribution in [3.05, 3.63) is 59.7 Å². The van der Waals surface area contributed by atoms with Gasteiger partial charge in [-0.05, 0) is 55.1 Å². The lowest BCUT2D eigenvalue weighted by molar-refractivity contribution is 0.0220. The lowest BCUT2D eigenvalue weighted by Gasteiger charge is -2.44. The van der Waals surface area contributed by atoms with E-state index in [4.69, 9.17) is 4.74 Å². The van der Waals surface area contributed by atoms with Gasteiger partial charge in [0.2, 0.25) is 0 Å². The van der Waals surface area contributed by atoms with Crippen molar-refractivity contribution >= 4 is 0 Å². The van der Waals surface area contributed by atoms with Gasteiger partial charge in [0.15, 0.2) is 0 Å². The Hall–Kier alpha value is -2.00. The average molecular weight is 339 g/mol. The second-order valence-corrected chi connectivity index (χ2v) is 6.97. The smallest absolute Gasteiger partial charge is 0.123 e. The fourth-order valence-electron chi connectivity index (χ4n) is 4.04. The van der Waals surface area contributed by atoms with Crippen LogP contribution in [0.3, 0.4) is 0 Å². The number of benzene rings is 2. The molecule has 134 valence electrons. The van der Waals surface area contributed by atoms with E-state index >= 15 is 0 Å². The minimum Gasteiger partial charge on any atom is -0.508 e. The molecule has 0 aliphatic carbocycles. The summed E-state index contributed by atoms with van der Waals surface area (Å²) in [5.41, 5.74) is 2.38. The standard InChI is InChI=1S/C22H29NO2/c1-4-22(5-2)15-19(18-9-7-8-10-20(18)25-22)21(23-6-3)16-11-13-17(24)14-12-16/h7-14,19,21,23-24H,4-6,15H2,1-3H3. The Bertz CT molecular complexity index is 691. The third-order valence-corrected chi connectivity index (χ3v) is 5.60. The third-order valence-electron chi connectivity index (χ3n) is 5.60. The molecule has 3 heteroatoms. The van der Waals surface area contributed by atoms with E-state index in [1.165, 1.54) is 11.1 Å². The first-order valence-electron chi connectivity index (χ1n) is 9.42. The molecular weight excluding hydrogens is 310 g/mol. The summed E-state index contributed by atoms with van der Waals surface area (Å²) in [6.45, 7) is 7.48. The molecule has 0 amide bonds. The van der Waals surface area contributed by atoms with E-state index in [0.29, 0.717) is 11.7 Å². The van der Waals surface area contributed by atoms with Crippen LogP contribution in [0.4, 0.5) is 0 Å². The van der Waals surface area contributed by atoms with Gasteiger partial charge in [0.1, 0.15) is 17.1 Å². The molecule has 0 saturated carbocycles. The van der Waals surface area contributed by atoms with Gasteiger partial charge in [0, 0.05) is 12.0 Å². The predicted molar refractivity (Wildman–Crippen MR) is 102 cm³/mol. The first-order chi connectivity index (χ1) is 12.1. The van der Waals surface area contributed by atoms with Crippen molar-refractivity contribution in [2.24, 2.45) is 0 Å². The quantitative estimate of drug-likeness (QED) is 0.763. The van der Waals surface area contributed by atoms with Crippen molar-refractivity contribution in [3.63, 3.8) is 0 Å². The van der Waals surface area contributed by atoms with Crippen LogP contribution in [0.15, 0.2) is 48.5 Å². The second kappa shape index (κ2) is 7.49. The van der Waals surface area contributed by atoms with E-state index < -0.39 is 0 Å². The van der Waals surface area contributed by atoms with E-state index in [-0.39, 0.29) is 11.6 Å². The Kier molecular flexibility index (Phi) is 5.33. The Morgan fingerprint density at radius 1 is 1.08 bits per heavy atom. The number of likely N-dealkylation sites (N-methyl/N-ethyl adjacent to an activating group) is 1. The number of hydrogen-bond donors (Lipinski definition) is 2. The summed E-state index contributed by atoms with van der Waals surface area (Å²) in [4.78, 5) is 0. The van der Waals surface area contributed by atoms with E-state index in [0.717, 1.165) is 31.6 Å². The molecule has 1 aliphatic rings. The highest BCUT2D eigenvalue weighted by atomic mass is 16.5. The minimum absolute atomic E-state index is 0.108. The molecular formula is C22H29NO2. The highest BCUT2D eigenvalue weighted by Gasteiger charge is 2.41. The summed E-state index contributed by atoms with van der Waals surface area (Å²) in [6, 6.07) is 16.3. The zero-order valence-corrected chi connectivity index (χ0v) is 15.5. The molecule has 2 N–H and O–H groups in total. The van der Waals surface area contributed by atoms with Crippen molar-refractivity contribution in [1.29, 1.82) is 0 Å². The number of hydrogen-bond acceptors (Lipinski definition) is 3. The molecule has 2 aromatic rings. The van der Waals surface area contributed by atoms with E-state index in [1.54, 1.807) is 12.1 Å². The highest BCUT2D eigenvalue weighted by Crippen LogP contribution is 2.48. The molecule has 0 radical (unpaired) electrons. The molecule has 2 atom stereocenters. The Morgan fingerprint density at radius 2 is 1.76 bits per heavy atom. The summed E-state index contributed by atoms with van der Waals surface area (Å²) in [7, 11) is 0. The molecule has 3 nitrogen and oxygen atoms in total. The Balaban J connectivity index is 2.05. The number of ether oxygens (including phenoxy) is 1. The molecule has 3 rings (SSSR count). The molecule has 0 saturated heterocycles.